The second-order valence-corrected chi connectivity index (χ2v) is 3.94. The Balaban J connectivity index is 2.41. The van der Waals surface area contributed by atoms with Gasteiger partial charge in [-0.25, -0.2) is 9.97 Å². The fraction of sp³-hybridized carbons (Fsp3) is 0.417. The SMILES string of the molecule is CCCCc1nc2nc(C)c(C=O)cc2[nH]1. The predicted molar refractivity (Wildman–Crippen MR) is 62.6 cm³/mol. The van der Waals surface area contributed by atoms with Crippen LogP contribution in [0.4, 0.5) is 0 Å². The molecule has 0 aliphatic rings. The fourth-order valence-electron chi connectivity index (χ4n) is 1.68. The van der Waals surface area contributed by atoms with Crippen LogP contribution in [0.25, 0.3) is 11.2 Å². The molecule has 0 aliphatic carbocycles. The number of aromatic nitrogens is 3. The summed E-state index contributed by atoms with van der Waals surface area (Å²) in [6, 6.07) is 1.81. The van der Waals surface area contributed by atoms with E-state index < -0.39 is 0 Å². The van der Waals surface area contributed by atoms with Gasteiger partial charge < -0.3 is 4.98 Å². The van der Waals surface area contributed by atoms with Crippen LogP contribution in [0, 0.1) is 6.92 Å². The van der Waals surface area contributed by atoms with Crippen molar-refractivity contribution in [1.82, 2.24) is 15.0 Å². The van der Waals surface area contributed by atoms with Crippen molar-refractivity contribution in [3.63, 3.8) is 0 Å². The number of rotatable bonds is 4. The number of hydrogen-bond donors (Lipinski definition) is 1. The Morgan fingerprint density at radius 2 is 2.25 bits per heavy atom. The number of pyridine rings is 1. The van der Waals surface area contributed by atoms with Crippen LogP contribution in [0.1, 0.15) is 41.6 Å². The van der Waals surface area contributed by atoms with Gasteiger partial charge in [-0.2, -0.15) is 0 Å². The third-order valence-electron chi connectivity index (χ3n) is 2.65. The van der Waals surface area contributed by atoms with Gasteiger partial charge in [-0.3, -0.25) is 4.79 Å². The van der Waals surface area contributed by atoms with E-state index in [1.165, 1.54) is 0 Å². The minimum atomic E-state index is 0.623. The number of carbonyl (C=O) groups excluding carboxylic acids is 1. The van der Waals surface area contributed by atoms with Gasteiger partial charge in [0.05, 0.1) is 11.2 Å². The topological polar surface area (TPSA) is 58.6 Å². The zero-order valence-corrected chi connectivity index (χ0v) is 9.58. The number of imidazole rings is 1. The van der Waals surface area contributed by atoms with E-state index in [4.69, 9.17) is 0 Å². The second-order valence-electron chi connectivity index (χ2n) is 3.94. The molecule has 4 heteroatoms. The molecule has 0 saturated carbocycles. The van der Waals surface area contributed by atoms with Gasteiger partial charge in [0, 0.05) is 12.0 Å². The van der Waals surface area contributed by atoms with E-state index in [1.54, 1.807) is 0 Å². The summed E-state index contributed by atoms with van der Waals surface area (Å²) in [5, 5.41) is 0. The number of carbonyl (C=O) groups is 1. The molecule has 0 aliphatic heterocycles. The molecule has 0 spiro atoms. The molecule has 84 valence electrons. The first-order chi connectivity index (χ1) is 7.74. The summed E-state index contributed by atoms with van der Waals surface area (Å²) in [6.45, 7) is 3.97. The van der Waals surface area contributed by atoms with Crippen molar-refractivity contribution in [2.45, 2.75) is 33.1 Å². The molecule has 0 bridgehead atoms. The summed E-state index contributed by atoms with van der Waals surface area (Å²) >= 11 is 0. The highest BCUT2D eigenvalue weighted by atomic mass is 16.1. The Bertz CT molecular complexity index is 516. The number of nitrogens with one attached hydrogen (secondary N) is 1. The van der Waals surface area contributed by atoms with Gasteiger partial charge in [0.25, 0.3) is 0 Å². The first kappa shape index (κ1) is 10.8. The number of aldehydes is 1. The van der Waals surface area contributed by atoms with Crippen LogP contribution >= 0.6 is 0 Å². The minimum absolute atomic E-state index is 0.623. The van der Waals surface area contributed by atoms with Gasteiger partial charge in [-0.1, -0.05) is 13.3 Å². The largest absolute Gasteiger partial charge is 0.341 e. The van der Waals surface area contributed by atoms with Crippen LogP contribution in [0.15, 0.2) is 6.07 Å². The van der Waals surface area contributed by atoms with Gasteiger partial charge in [0.15, 0.2) is 11.9 Å². The molecule has 0 unspecified atom stereocenters. The standard InChI is InChI=1S/C12H15N3O/c1-3-4-5-11-14-10-6-9(7-16)8(2)13-12(10)15-11/h6-7H,3-5H2,1-2H3,(H,13,14,15). The van der Waals surface area contributed by atoms with Gasteiger partial charge in [0.1, 0.15) is 5.82 Å². The smallest absolute Gasteiger partial charge is 0.177 e. The third-order valence-corrected chi connectivity index (χ3v) is 2.65. The van der Waals surface area contributed by atoms with Crippen molar-refractivity contribution in [3.05, 3.63) is 23.1 Å². The summed E-state index contributed by atoms with van der Waals surface area (Å²) < 4.78 is 0. The van der Waals surface area contributed by atoms with E-state index in [2.05, 4.69) is 21.9 Å². The van der Waals surface area contributed by atoms with Crippen LogP contribution in [0.2, 0.25) is 0 Å². The molecular formula is C12H15N3O. The molecule has 0 amide bonds. The van der Waals surface area contributed by atoms with E-state index in [0.717, 1.165) is 42.6 Å². The van der Waals surface area contributed by atoms with Crippen molar-refractivity contribution in [3.8, 4) is 0 Å². The van der Waals surface area contributed by atoms with Crippen molar-refractivity contribution in [1.29, 1.82) is 0 Å². The summed E-state index contributed by atoms with van der Waals surface area (Å²) in [7, 11) is 0. The summed E-state index contributed by atoms with van der Waals surface area (Å²) in [4.78, 5) is 22.7. The Labute approximate surface area is 94.1 Å². The average molecular weight is 217 g/mol. The number of aromatic amines is 1. The first-order valence-corrected chi connectivity index (χ1v) is 5.56. The highest BCUT2D eigenvalue weighted by Gasteiger charge is 2.07. The van der Waals surface area contributed by atoms with Gasteiger partial charge in [-0.05, 0) is 19.4 Å². The molecule has 0 saturated heterocycles. The van der Waals surface area contributed by atoms with E-state index in [9.17, 15) is 4.79 Å². The molecule has 0 aromatic carbocycles. The summed E-state index contributed by atoms with van der Waals surface area (Å²) in [5.74, 6) is 0.951. The van der Waals surface area contributed by atoms with Crippen molar-refractivity contribution in [2.24, 2.45) is 0 Å². The zero-order chi connectivity index (χ0) is 11.5. The monoisotopic (exact) mass is 217 g/mol. The Morgan fingerprint density at radius 1 is 1.44 bits per heavy atom. The number of nitrogens with zero attached hydrogens (tertiary/aromatic N) is 2. The van der Waals surface area contributed by atoms with E-state index in [1.807, 2.05) is 13.0 Å². The molecule has 0 radical (unpaired) electrons. The van der Waals surface area contributed by atoms with Crippen LogP contribution in [-0.2, 0) is 6.42 Å². The Kier molecular flexibility index (Phi) is 2.99. The molecular weight excluding hydrogens is 202 g/mol. The van der Waals surface area contributed by atoms with Crippen molar-refractivity contribution in [2.75, 3.05) is 0 Å². The number of aryl methyl sites for hydroxylation is 2. The number of fused-ring (bicyclic) bond motifs is 1. The lowest BCUT2D eigenvalue weighted by atomic mass is 10.2. The van der Waals surface area contributed by atoms with Gasteiger partial charge in [0.2, 0.25) is 0 Å². The number of unbranched alkanes of at least 4 members (excludes halogenated alkanes) is 1. The molecule has 2 aromatic heterocycles. The maximum absolute atomic E-state index is 10.8. The fourth-order valence-corrected chi connectivity index (χ4v) is 1.68. The van der Waals surface area contributed by atoms with Crippen LogP contribution in [0.3, 0.4) is 0 Å². The van der Waals surface area contributed by atoms with Crippen molar-refractivity contribution < 1.29 is 4.79 Å². The molecule has 0 fully saturated rings. The van der Waals surface area contributed by atoms with Crippen molar-refractivity contribution >= 4 is 17.5 Å². The third kappa shape index (κ3) is 1.96. The molecule has 2 aromatic rings. The molecule has 4 nitrogen and oxygen atoms in total. The molecule has 0 atom stereocenters. The molecule has 2 rings (SSSR count). The molecule has 16 heavy (non-hydrogen) atoms. The maximum Gasteiger partial charge on any atom is 0.177 e. The molecule has 2 heterocycles. The predicted octanol–water partition coefficient (Wildman–Crippen LogP) is 2.42. The lowest BCUT2D eigenvalue weighted by Crippen LogP contribution is -1.90. The summed E-state index contributed by atoms with van der Waals surface area (Å²) in [6.07, 6.45) is 4.01. The lowest BCUT2D eigenvalue weighted by Gasteiger charge is -1.95. The number of H-pyrrole nitrogens is 1. The first-order valence-electron chi connectivity index (χ1n) is 5.56. The molecule has 1 N–H and O–H groups in total. The Morgan fingerprint density at radius 3 is 2.94 bits per heavy atom. The van der Waals surface area contributed by atoms with Gasteiger partial charge >= 0.3 is 0 Å². The normalized spacial score (nSPS) is 10.9. The second kappa shape index (κ2) is 4.43. The number of hydrogen-bond acceptors (Lipinski definition) is 3. The van der Waals surface area contributed by atoms with Gasteiger partial charge in [-0.15, -0.1) is 0 Å². The van der Waals surface area contributed by atoms with Crippen LogP contribution < -0.4 is 0 Å². The highest BCUT2D eigenvalue weighted by molar-refractivity contribution is 5.83. The van der Waals surface area contributed by atoms with Crippen LogP contribution in [-0.4, -0.2) is 21.2 Å². The average Bonchev–Trinajstić information content (AvgIpc) is 2.66. The summed E-state index contributed by atoms with van der Waals surface area (Å²) in [5.41, 5.74) is 2.90. The zero-order valence-electron chi connectivity index (χ0n) is 9.58. The minimum Gasteiger partial charge on any atom is -0.341 e. The highest BCUT2D eigenvalue weighted by Crippen LogP contribution is 2.14. The van der Waals surface area contributed by atoms with Crippen LogP contribution in [0.5, 0.6) is 0 Å². The van der Waals surface area contributed by atoms with E-state index in [-0.39, 0.29) is 0 Å². The quantitative estimate of drug-likeness (QED) is 0.800. The lowest BCUT2D eigenvalue weighted by molar-refractivity contribution is 0.112. The van der Waals surface area contributed by atoms with E-state index >= 15 is 0 Å². The maximum atomic E-state index is 10.8. The van der Waals surface area contributed by atoms with E-state index in [0.29, 0.717) is 11.2 Å². The Hall–Kier alpha value is -1.71.